The van der Waals surface area contributed by atoms with E-state index in [0.29, 0.717) is 0 Å². The van der Waals surface area contributed by atoms with Crippen molar-refractivity contribution in [1.82, 2.24) is 5.32 Å². The van der Waals surface area contributed by atoms with Gasteiger partial charge in [0, 0.05) is 0 Å². The van der Waals surface area contributed by atoms with Crippen LogP contribution in [-0.2, 0) is 0 Å². The van der Waals surface area contributed by atoms with E-state index >= 15 is 0 Å². The summed E-state index contributed by atoms with van der Waals surface area (Å²) in [6, 6.07) is 4.31. The number of hydrogen-bond acceptors (Lipinski definition) is 3. The summed E-state index contributed by atoms with van der Waals surface area (Å²) in [6.07, 6.45) is 1.26. The summed E-state index contributed by atoms with van der Waals surface area (Å²) in [5, 5.41) is 5.59. The molecule has 0 aliphatic rings. The third kappa shape index (κ3) is 5.68. The van der Waals surface area contributed by atoms with E-state index in [9.17, 15) is 0 Å². The zero-order valence-electron chi connectivity index (χ0n) is 8.95. The molecule has 0 aliphatic heterocycles. The van der Waals surface area contributed by atoms with Crippen molar-refractivity contribution in [1.29, 1.82) is 0 Å². The second-order valence-electron chi connectivity index (χ2n) is 3.73. The Morgan fingerprint density at radius 2 is 2.36 bits per heavy atom. The van der Waals surface area contributed by atoms with Gasteiger partial charge in [-0.3, -0.25) is 0 Å². The topological polar surface area (TPSA) is 12.0 Å². The Labute approximate surface area is 95.3 Å². The van der Waals surface area contributed by atoms with Crippen molar-refractivity contribution in [2.45, 2.75) is 24.5 Å². The average Bonchev–Trinajstić information content (AvgIpc) is 2.63. The first-order valence-electron chi connectivity index (χ1n) is 5.16. The van der Waals surface area contributed by atoms with Crippen LogP contribution in [-0.4, -0.2) is 18.8 Å². The lowest BCUT2D eigenvalue weighted by atomic mass is 10.2. The van der Waals surface area contributed by atoms with Gasteiger partial charge < -0.3 is 5.32 Å². The highest BCUT2D eigenvalue weighted by Gasteiger charge is 1.95. The maximum atomic E-state index is 3.45. The minimum Gasteiger partial charge on any atom is -0.316 e. The highest BCUT2D eigenvalue weighted by Crippen LogP contribution is 2.23. The molecule has 0 bridgehead atoms. The van der Waals surface area contributed by atoms with Crippen molar-refractivity contribution >= 4 is 23.1 Å². The first kappa shape index (κ1) is 12.1. The Hall–Kier alpha value is 0.01000. The van der Waals surface area contributed by atoms with E-state index in [4.69, 9.17) is 0 Å². The first-order chi connectivity index (χ1) is 6.79. The highest BCUT2D eigenvalue weighted by molar-refractivity contribution is 8.01. The van der Waals surface area contributed by atoms with E-state index in [1.807, 2.05) is 23.1 Å². The minimum atomic E-state index is 0.764. The van der Waals surface area contributed by atoms with Crippen LogP contribution in [0.15, 0.2) is 21.7 Å². The third-order valence-corrected chi connectivity index (χ3v) is 4.01. The van der Waals surface area contributed by atoms with Crippen LogP contribution < -0.4 is 5.32 Å². The Balaban J connectivity index is 1.90. The molecule has 0 aliphatic carbocycles. The predicted molar refractivity (Wildman–Crippen MR) is 67.4 cm³/mol. The zero-order valence-corrected chi connectivity index (χ0v) is 10.6. The molecule has 0 unspecified atom stereocenters. The van der Waals surface area contributed by atoms with Gasteiger partial charge in [-0.25, -0.2) is 0 Å². The number of hydrogen-bond donors (Lipinski definition) is 1. The molecule has 0 spiro atoms. The molecule has 3 heteroatoms. The monoisotopic (exact) mass is 229 g/mol. The second kappa shape index (κ2) is 7.32. The average molecular weight is 229 g/mol. The fourth-order valence-electron chi connectivity index (χ4n) is 1.11. The van der Waals surface area contributed by atoms with Gasteiger partial charge in [0.05, 0.1) is 4.21 Å². The Morgan fingerprint density at radius 1 is 1.50 bits per heavy atom. The van der Waals surface area contributed by atoms with Gasteiger partial charge in [-0.2, -0.15) is 0 Å². The molecule has 1 aromatic rings. The fraction of sp³-hybridized carbons (Fsp3) is 0.636. The van der Waals surface area contributed by atoms with Crippen LogP contribution in [0.5, 0.6) is 0 Å². The molecule has 1 aromatic heterocycles. The summed E-state index contributed by atoms with van der Waals surface area (Å²) >= 11 is 3.80. The summed E-state index contributed by atoms with van der Waals surface area (Å²) in [7, 11) is 0. The molecular formula is C11H19NS2. The molecule has 0 saturated carbocycles. The van der Waals surface area contributed by atoms with Gasteiger partial charge in [-0.05, 0) is 42.6 Å². The van der Waals surface area contributed by atoms with Crippen LogP contribution in [0.2, 0.25) is 0 Å². The molecule has 80 valence electrons. The maximum absolute atomic E-state index is 3.45. The molecule has 14 heavy (non-hydrogen) atoms. The first-order valence-corrected chi connectivity index (χ1v) is 7.02. The van der Waals surface area contributed by atoms with Crippen LogP contribution in [0.25, 0.3) is 0 Å². The molecule has 0 amide bonds. The number of thioether (sulfide) groups is 1. The van der Waals surface area contributed by atoms with Crippen molar-refractivity contribution in [3.05, 3.63) is 17.5 Å². The quantitative estimate of drug-likeness (QED) is 0.567. The van der Waals surface area contributed by atoms with Crippen molar-refractivity contribution in [3.63, 3.8) is 0 Å². The summed E-state index contributed by atoms with van der Waals surface area (Å²) < 4.78 is 1.44. The van der Waals surface area contributed by atoms with Gasteiger partial charge in [0.15, 0.2) is 0 Å². The van der Waals surface area contributed by atoms with Gasteiger partial charge >= 0.3 is 0 Å². The Bertz CT molecular complexity index is 219. The molecular weight excluding hydrogens is 210 g/mol. The minimum absolute atomic E-state index is 0.764. The van der Waals surface area contributed by atoms with Gasteiger partial charge in [-0.1, -0.05) is 19.9 Å². The van der Waals surface area contributed by atoms with Crippen LogP contribution in [0.3, 0.4) is 0 Å². The van der Waals surface area contributed by atoms with Gasteiger partial charge in [0.1, 0.15) is 0 Å². The lowest BCUT2D eigenvalue weighted by Crippen LogP contribution is -2.20. The third-order valence-electron chi connectivity index (χ3n) is 1.79. The molecule has 0 saturated heterocycles. The number of rotatable bonds is 7. The molecule has 1 heterocycles. The van der Waals surface area contributed by atoms with Crippen LogP contribution in [0.1, 0.15) is 20.3 Å². The number of thiophene rings is 1. The summed E-state index contributed by atoms with van der Waals surface area (Å²) in [6.45, 7) is 6.78. The normalized spacial score (nSPS) is 11.1. The second-order valence-corrected chi connectivity index (χ2v) is 6.07. The zero-order chi connectivity index (χ0) is 10.2. The summed E-state index contributed by atoms with van der Waals surface area (Å²) in [5.74, 6) is 1.99. The molecule has 0 atom stereocenters. The highest BCUT2D eigenvalue weighted by atomic mass is 32.2. The standard InChI is InChI=1S/C11H19NS2/c1-10(2)9-12-6-4-8-14-11-5-3-7-13-11/h3,5,7,10,12H,4,6,8-9H2,1-2H3. The summed E-state index contributed by atoms with van der Waals surface area (Å²) in [5.41, 5.74) is 0. The van der Waals surface area contributed by atoms with Crippen molar-refractivity contribution in [2.75, 3.05) is 18.8 Å². The lowest BCUT2D eigenvalue weighted by molar-refractivity contribution is 0.552. The van der Waals surface area contributed by atoms with Crippen LogP contribution >= 0.6 is 23.1 Å². The largest absolute Gasteiger partial charge is 0.316 e. The lowest BCUT2D eigenvalue weighted by Gasteiger charge is -2.06. The van der Waals surface area contributed by atoms with E-state index in [0.717, 1.165) is 19.0 Å². The van der Waals surface area contributed by atoms with Crippen LogP contribution in [0.4, 0.5) is 0 Å². The van der Waals surface area contributed by atoms with E-state index < -0.39 is 0 Å². The Kier molecular flexibility index (Phi) is 6.32. The van der Waals surface area contributed by atoms with Gasteiger partial charge in [0.2, 0.25) is 0 Å². The van der Waals surface area contributed by atoms with E-state index in [2.05, 4.69) is 36.7 Å². The molecule has 0 fully saturated rings. The molecule has 1 rings (SSSR count). The molecule has 0 radical (unpaired) electrons. The van der Waals surface area contributed by atoms with Crippen molar-refractivity contribution in [3.8, 4) is 0 Å². The number of nitrogens with one attached hydrogen (secondary N) is 1. The van der Waals surface area contributed by atoms with E-state index in [1.165, 1.54) is 16.4 Å². The smallest absolute Gasteiger partial charge is 0.0598 e. The van der Waals surface area contributed by atoms with E-state index in [-0.39, 0.29) is 0 Å². The molecule has 1 N–H and O–H groups in total. The van der Waals surface area contributed by atoms with Gasteiger partial charge in [-0.15, -0.1) is 23.1 Å². The van der Waals surface area contributed by atoms with Crippen molar-refractivity contribution < 1.29 is 0 Å². The van der Waals surface area contributed by atoms with Crippen LogP contribution in [0, 0.1) is 5.92 Å². The van der Waals surface area contributed by atoms with E-state index in [1.54, 1.807) is 0 Å². The summed E-state index contributed by atoms with van der Waals surface area (Å²) in [4.78, 5) is 0. The Morgan fingerprint density at radius 3 is 3.00 bits per heavy atom. The van der Waals surface area contributed by atoms with Gasteiger partial charge in [0.25, 0.3) is 0 Å². The molecule has 0 aromatic carbocycles. The SMILES string of the molecule is CC(C)CNCCCSc1cccs1. The fourth-order valence-corrected chi connectivity index (χ4v) is 2.91. The maximum Gasteiger partial charge on any atom is 0.0598 e. The predicted octanol–water partition coefficient (Wildman–Crippen LogP) is 3.48. The molecule has 1 nitrogen and oxygen atoms in total. The van der Waals surface area contributed by atoms with Crippen molar-refractivity contribution in [2.24, 2.45) is 5.92 Å².